The molecule has 532 valence electrons. The van der Waals surface area contributed by atoms with Crippen molar-refractivity contribution in [3.8, 4) is 0 Å². The second-order valence-corrected chi connectivity index (χ2v) is 29.6. The molecule has 0 spiro atoms. The quantitative estimate of drug-likeness (QED) is 0.0660. The number of carboxylic acid groups (broad SMARTS) is 1. The van der Waals surface area contributed by atoms with Crippen molar-refractivity contribution in [2.45, 2.75) is 236 Å². The molecule has 1 rings (SSSR count). The molecular formula is C68H121N11O13S. The van der Waals surface area contributed by atoms with Crippen LogP contribution in [0.4, 0.5) is 0 Å². The number of carboxylic acids is 1. The maximum absolute atomic E-state index is 15.3. The summed E-state index contributed by atoms with van der Waals surface area (Å²) in [6, 6.07) is -11.8. The van der Waals surface area contributed by atoms with Gasteiger partial charge in [-0.1, -0.05) is 116 Å². The molecule has 1 aliphatic heterocycles. The number of carbonyl (C=O) groups is 12. The molecule has 24 nitrogen and oxygen atoms in total. The van der Waals surface area contributed by atoms with Crippen LogP contribution in [-0.2, 0) is 57.5 Å². The highest BCUT2D eigenvalue weighted by Gasteiger charge is 2.44. The number of nitrogens with one attached hydrogen (secondary N) is 4. The topological polar surface area (TPSA) is 296 Å². The summed E-state index contributed by atoms with van der Waals surface area (Å²) in [4.78, 5) is 182. The van der Waals surface area contributed by atoms with Gasteiger partial charge in [-0.05, 0) is 113 Å². The largest absolute Gasteiger partial charge is 0.481 e. The molecule has 0 radical (unpaired) electrons. The van der Waals surface area contributed by atoms with Gasteiger partial charge >= 0.3 is 5.97 Å². The van der Waals surface area contributed by atoms with Crippen LogP contribution in [-0.4, -0.2) is 238 Å². The van der Waals surface area contributed by atoms with E-state index in [1.54, 1.807) is 34.6 Å². The van der Waals surface area contributed by atoms with Gasteiger partial charge in [0.15, 0.2) is 0 Å². The first-order valence-corrected chi connectivity index (χ1v) is 34.7. The molecule has 93 heavy (non-hydrogen) atoms. The van der Waals surface area contributed by atoms with Crippen LogP contribution in [0.5, 0.6) is 0 Å². The molecule has 0 bridgehead atoms. The number of thioether (sulfide) groups is 1. The number of nitrogens with zero attached hydrogens (tertiary/aromatic N) is 7. The predicted octanol–water partition coefficient (Wildman–Crippen LogP) is 5.51. The Kier molecular flexibility index (Phi) is 36.6. The fourth-order valence-electron chi connectivity index (χ4n) is 11.8. The summed E-state index contributed by atoms with van der Waals surface area (Å²) in [6.07, 6.45) is 5.86. The van der Waals surface area contributed by atoms with Crippen molar-refractivity contribution in [2.24, 2.45) is 47.3 Å². The van der Waals surface area contributed by atoms with Crippen molar-refractivity contribution in [3.05, 3.63) is 12.2 Å². The van der Waals surface area contributed by atoms with Crippen LogP contribution in [0.25, 0.3) is 0 Å². The Morgan fingerprint density at radius 3 is 1.43 bits per heavy atom. The molecule has 1 aliphatic rings. The molecule has 1 saturated heterocycles. The van der Waals surface area contributed by atoms with Crippen LogP contribution in [0, 0.1) is 47.3 Å². The highest BCUT2D eigenvalue weighted by Crippen LogP contribution is 2.27. The minimum Gasteiger partial charge on any atom is -0.481 e. The normalized spacial score (nSPS) is 25.6. The van der Waals surface area contributed by atoms with Crippen molar-refractivity contribution in [1.82, 2.24) is 55.6 Å². The summed E-state index contributed by atoms with van der Waals surface area (Å²) < 4.78 is 0. The van der Waals surface area contributed by atoms with Crippen molar-refractivity contribution in [1.29, 1.82) is 0 Å². The van der Waals surface area contributed by atoms with Gasteiger partial charge in [-0.25, -0.2) is 0 Å². The lowest BCUT2D eigenvalue weighted by Gasteiger charge is -2.41. The Balaban J connectivity index is 4.35. The van der Waals surface area contributed by atoms with Gasteiger partial charge in [-0.2, -0.15) is 11.8 Å². The standard InChI is InChI=1S/C68H121N11O13S/c1-25-49-64(88)73(18)38-55(80)74(19)50(33-40(4)5)62(86)72-57(43(10)11)67(91)75(20)51(34-41(6)7)60(84)69-47(16)59(83)70-48(17)63(87)77(22)54(37-46(15)32-39(2)3)65(89)78(23)53(35-42(8)9)66(90)79(24)58(44(12)13)68(92)76(21)52(61(85)71-49)36-45(14)28-26-27-30-93-31-29-56(81)82/h26-27,39-54,57-58H,25,28-38H2,1-24H3,(H,69,84)(H,70,83)(H,71,85)(H,72,86)(H,81,82)/b27-26+/t45-,46+,47+,48+,49+,50+,51+,52?,53+,54+,57+,58+/m1/s1. The van der Waals surface area contributed by atoms with E-state index in [1.807, 2.05) is 81.4 Å². The van der Waals surface area contributed by atoms with Crippen LogP contribution < -0.4 is 21.3 Å². The first kappa shape index (κ1) is 84.7. The molecule has 1 fully saturated rings. The highest BCUT2D eigenvalue weighted by molar-refractivity contribution is 7.99. The molecule has 1 unspecified atom stereocenters. The van der Waals surface area contributed by atoms with E-state index in [2.05, 4.69) is 21.3 Å². The third kappa shape index (κ3) is 26.8. The molecule has 0 aliphatic carbocycles. The maximum Gasteiger partial charge on any atom is 0.304 e. The summed E-state index contributed by atoms with van der Waals surface area (Å²) in [5.74, 6) is -8.44. The molecule has 0 saturated carbocycles. The first-order chi connectivity index (χ1) is 43.0. The smallest absolute Gasteiger partial charge is 0.304 e. The third-order valence-electron chi connectivity index (χ3n) is 17.3. The van der Waals surface area contributed by atoms with E-state index in [9.17, 15) is 43.2 Å². The monoisotopic (exact) mass is 1330 g/mol. The molecule has 5 N–H and O–H groups in total. The zero-order valence-electron chi connectivity index (χ0n) is 60.9. The Bertz CT molecular complexity index is 2550. The van der Waals surface area contributed by atoms with Gasteiger partial charge in [0.2, 0.25) is 65.0 Å². The summed E-state index contributed by atoms with van der Waals surface area (Å²) in [7, 11) is 10.2. The summed E-state index contributed by atoms with van der Waals surface area (Å²) in [5.41, 5.74) is 0. The van der Waals surface area contributed by atoms with Crippen molar-refractivity contribution >= 4 is 82.7 Å². The lowest BCUT2D eigenvalue weighted by molar-refractivity contribution is -0.156. The van der Waals surface area contributed by atoms with Crippen molar-refractivity contribution in [2.75, 3.05) is 67.4 Å². The number of hydrogen-bond donors (Lipinski definition) is 5. The Labute approximate surface area is 561 Å². The molecular weight excluding hydrogens is 1210 g/mol. The molecule has 25 heteroatoms. The van der Waals surface area contributed by atoms with Gasteiger partial charge in [-0.15, -0.1) is 0 Å². The van der Waals surface area contributed by atoms with E-state index in [0.29, 0.717) is 24.3 Å². The van der Waals surface area contributed by atoms with Gasteiger partial charge in [-0.3, -0.25) is 57.5 Å². The second kappa shape index (κ2) is 40.2. The molecule has 12 atom stereocenters. The summed E-state index contributed by atoms with van der Waals surface area (Å²) >= 11 is 1.46. The van der Waals surface area contributed by atoms with Crippen molar-refractivity contribution in [3.63, 3.8) is 0 Å². The van der Waals surface area contributed by atoms with Crippen LogP contribution >= 0.6 is 11.8 Å². The maximum atomic E-state index is 15.3. The van der Waals surface area contributed by atoms with Gasteiger partial charge < -0.3 is 60.7 Å². The lowest BCUT2D eigenvalue weighted by Crippen LogP contribution is -2.61. The second-order valence-electron chi connectivity index (χ2n) is 28.5. The average Bonchev–Trinajstić information content (AvgIpc) is 0.822. The first-order valence-electron chi connectivity index (χ1n) is 33.5. The number of amides is 11. The number of carbonyl (C=O) groups excluding carboxylic acids is 11. The number of hydrogen-bond acceptors (Lipinski definition) is 13. The summed E-state index contributed by atoms with van der Waals surface area (Å²) in [6.45, 7) is 30.3. The van der Waals surface area contributed by atoms with Gasteiger partial charge in [0.05, 0.1) is 13.0 Å². The van der Waals surface area contributed by atoms with E-state index >= 15 is 14.4 Å². The minimum atomic E-state index is -1.23. The SMILES string of the molecule is CC[C@@H]1NC(=O)C(C[C@H](C)C/C=C/CSCCC(=O)O)N(C)C(=O)[C@H](C(C)C)N(C)C(=O)[C@H](CC(C)C)N(C)C(=O)[C@H](C[C@@H](C)CC(C)C)N(C)C(=O)[C@H](C)NC(=O)[C@H](C)NC(=O)[C@H](CC(C)C)N(C)C(=O)[C@H](C(C)C)NC(=O)[C@H](CC(C)C)N(C)C(=O)CN(C)C1=O. The van der Waals surface area contributed by atoms with E-state index in [0.717, 1.165) is 4.90 Å². The average molecular weight is 1330 g/mol. The number of rotatable bonds is 22. The Morgan fingerprint density at radius 1 is 0.484 bits per heavy atom. The lowest BCUT2D eigenvalue weighted by atomic mass is 9.90. The van der Waals surface area contributed by atoms with E-state index in [1.165, 1.54) is 104 Å². The number of aliphatic carboxylic acids is 1. The zero-order valence-corrected chi connectivity index (χ0v) is 61.7. The van der Waals surface area contributed by atoms with Gasteiger partial charge in [0.1, 0.15) is 60.4 Å². The van der Waals surface area contributed by atoms with Gasteiger partial charge in [0, 0.05) is 60.8 Å². The van der Waals surface area contributed by atoms with Crippen LogP contribution in [0.3, 0.4) is 0 Å². The number of likely N-dealkylation sites (N-methyl/N-ethyl adjacent to an activating group) is 7. The fraction of sp³-hybridized carbons (Fsp3) is 0.794. The molecule has 0 aromatic rings. The fourth-order valence-corrected chi connectivity index (χ4v) is 12.6. The van der Waals surface area contributed by atoms with Gasteiger partial charge in [0.25, 0.3) is 0 Å². The van der Waals surface area contributed by atoms with E-state index in [-0.39, 0.29) is 80.5 Å². The highest BCUT2D eigenvalue weighted by atomic mass is 32.2. The van der Waals surface area contributed by atoms with Crippen LogP contribution in [0.2, 0.25) is 0 Å². The zero-order chi connectivity index (χ0) is 71.8. The third-order valence-corrected chi connectivity index (χ3v) is 18.2. The summed E-state index contributed by atoms with van der Waals surface area (Å²) in [5, 5.41) is 20.3. The molecule has 11 amide bonds. The van der Waals surface area contributed by atoms with E-state index < -0.39 is 150 Å². The van der Waals surface area contributed by atoms with Crippen LogP contribution in [0.1, 0.15) is 175 Å². The minimum absolute atomic E-state index is 0.0183. The molecule has 1 heterocycles. The molecule has 0 aromatic heterocycles. The Hall–Kier alpha value is -6.27. The number of allylic oxidation sites excluding steroid dienone is 1. The molecule has 0 aromatic carbocycles. The van der Waals surface area contributed by atoms with E-state index in [4.69, 9.17) is 5.11 Å². The van der Waals surface area contributed by atoms with Crippen molar-refractivity contribution < 1.29 is 62.6 Å². The van der Waals surface area contributed by atoms with Crippen LogP contribution in [0.15, 0.2) is 12.2 Å². The Morgan fingerprint density at radius 2 is 0.925 bits per heavy atom. The predicted molar refractivity (Wildman–Crippen MR) is 365 cm³/mol.